The molecule has 0 bridgehead atoms. The monoisotopic (exact) mass is 388 g/mol. The van der Waals surface area contributed by atoms with Gasteiger partial charge in [-0.3, -0.25) is 4.99 Å². The van der Waals surface area contributed by atoms with E-state index in [2.05, 4.69) is 27.4 Å². The summed E-state index contributed by atoms with van der Waals surface area (Å²) in [5, 5.41) is 17.3. The number of likely N-dealkylation sites (tertiary alicyclic amines) is 1. The van der Waals surface area contributed by atoms with Crippen molar-refractivity contribution in [3.8, 4) is 0 Å². The van der Waals surface area contributed by atoms with E-state index < -0.39 is 6.10 Å². The Kier molecular flexibility index (Phi) is 8.13. The number of aliphatic imine (C=N–C) groups is 1. The number of piperidine rings is 1. The number of rotatable bonds is 7. The maximum Gasteiger partial charge on any atom is 0.191 e. The first-order chi connectivity index (χ1) is 13.6. The Hall–Kier alpha value is -1.63. The average molecular weight is 389 g/mol. The van der Waals surface area contributed by atoms with Gasteiger partial charge in [0.2, 0.25) is 0 Å². The molecule has 1 aromatic rings. The Labute approximate surface area is 169 Å². The van der Waals surface area contributed by atoms with Crippen LogP contribution in [0.25, 0.3) is 0 Å². The van der Waals surface area contributed by atoms with Crippen molar-refractivity contribution in [3.05, 3.63) is 35.4 Å². The molecule has 0 amide bonds. The van der Waals surface area contributed by atoms with E-state index in [4.69, 9.17) is 4.74 Å². The van der Waals surface area contributed by atoms with Gasteiger partial charge in [-0.2, -0.15) is 0 Å². The molecule has 2 heterocycles. The molecule has 0 saturated carbocycles. The summed E-state index contributed by atoms with van der Waals surface area (Å²) in [7, 11) is 0. The summed E-state index contributed by atoms with van der Waals surface area (Å²) in [6, 6.07) is 8.43. The average Bonchev–Trinajstić information content (AvgIpc) is 3.21. The molecule has 0 aromatic heterocycles. The zero-order valence-electron chi connectivity index (χ0n) is 17.4. The van der Waals surface area contributed by atoms with Crippen LogP contribution in [0, 0.1) is 12.8 Å². The molecule has 1 aromatic carbocycles. The van der Waals surface area contributed by atoms with Gasteiger partial charge in [-0.15, -0.1) is 0 Å². The number of guanidine groups is 1. The van der Waals surface area contributed by atoms with Gasteiger partial charge in [0.1, 0.15) is 0 Å². The highest BCUT2D eigenvalue weighted by atomic mass is 16.5. The lowest BCUT2D eigenvalue weighted by molar-refractivity contribution is 0.150. The van der Waals surface area contributed by atoms with E-state index in [0.717, 1.165) is 57.2 Å². The fourth-order valence-electron chi connectivity index (χ4n) is 3.94. The fourth-order valence-corrected chi connectivity index (χ4v) is 3.94. The quantitative estimate of drug-likeness (QED) is 0.493. The van der Waals surface area contributed by atoms with E-state index in [-0.39, 0.29) is 0 Å². The molecule has 2 atom stereocenters. The molecule has 0 radical (unpaired) electrons. The summed E-state index contributed by atoms with van der Waals surface area (Å²) >= 11 is 0. The molecular weight excluding hydrogens is 352 g/mol. The molecule has 6 nitrogen and oxygen atoms in total. The molecule has 0 aliphatic carbocycles. The Morgan fingerprint density at radius 2 is 2.00 bits per heavy atom. The third kappa shape index (κ3) is 6.47. The Balaban J connectivity index is 1.46. The third-order valence-corrected chi connectivity index (χ3v) is 5.70. The number of nitrogens with zero attached hydrogens (tertiary/aromatic N) is 2. The number of hydrogen-bond acceptors (Lipinski definition) is 4. The second-order valence-corrected chi connectivity index (χ2v) is 8.09. The zero-order valence-corrected chi connectivity index (χ0v) is 17.4. The highest BCUT2D eigenvalue weighted by molar-refractivity contribution is 5.80. The summed E-state index contributed by atoms with van der Waals surface area (Å²) < 4.78 is 5.50. The van der Waals surface area contributed by atoms with Crippen molar-refractivity contribution in [3.63, 3.8) is 0 Å². The fraction of sp³-hybridized carbons (Fsp3) is 0.682. The van der Waals surface area contributed by atoms with E-state index in [1.54, 1.807) is 0 Å². The second kappa shape index (κ2) is 10.8. The first-order valence-electron chi connectivity index (χ1n) is 10.7. The van der Waals surface area contributed by atoms with Crippen molar-refractivity contribution in [2.45, 2.75) is 45.3 Å². The van der Waals surface area contributed by atoms with Gasteiger partial charge in [0, 0.05) is 38.8 Å². The minimum atomic E-state index is -0.577. The molecule has 2 saturated heterocycles. The SMILES string of the molecule is CCNC(=NCC(O)c1ccc(C)cc1)NC1CCN(CC2CCOC2)CC1. The first kappa shape index (κ1) is 21.1. The second-order valence-electron chi connectivity index (χ2n) is 8.09. The summed E-state index contributed by atoms with van der Waals surface area (Å²) in [6.45, 7) is 10.6. The van der Waals surface area contributed by atoms with Crippen LogP contribution >= 0.6 is 0 Å². The number of nitrogens with one attached hydrogen (secondary N) is 2. The molecular formula is C22H36N4O2. The van der Waals surface area contributed by atoms with Crippen molar-refractivity contribution in [1.82, 2.24) is 15.5 Å². The van der Waals surface area contributed by atoms with Crippen LogP contribution in [-0.4, -0.2) is 67.9 Å². The highest BCUT2D eigenvalue weighted by Crippen LogP contribution is 2.18. The van der Waals surface area contributed by atoms with Gasteiger partial charge in [0.05, 0.1) is 19.3 Å². The normalized spacial score (nSPS) is 23.0. The van der Waals surface area contributed by atoms with Crippen LogP contribution in [0.4, 0.5) is 0 Å². The maximum absolute atomic E-state index is 10.4. The van der Waals surface area contributed by atoms with Gasteiger partial charge in [-0.25, -0.2) is 0 Å². The molecule has 3 N–H and O–H groups in total. The van der Waals surface area contributed by atoms with Gasteiger partial charge < -0.3 is 25.4 Å². The van der Waals surface area contributed by atoms with Gasteiger partial charge >= 0.3 is 0 Å². The molecule has 2 fully saturated rings. The van der Waals surface area contributed by atoms with Crippen molar-refractivity contribution < 1.29 is 9.84 Å². The smallest absolute Gasteiger partial charge is 0.191 e. The minimum Gasteiger partial charge on any atom is -0.386 e. The van der Waals surface area contributed by atoms with Crippen molar-refractivity contribution in [2.75, 3.05) is 45.9 Å². The number of hydrogen-bond donors (Lipinski definition) is 3. The molecule has 2 aliphatic heterocycles. The van der Waals surface area contributed by atoms with Gasteiger partial charge in [0.25, 0.3) is 0 Å². The summed E-state index contributed by atoms with van der Waals surface area (Å²) in [6.07, 6.45) is 2.88. The van der Waals surface area contributed by atoms with Gasteiger partial charge in [0.15, 0.2) is 5.96 Å². The van der Waals surface area contributed by atoms with Crippen LogP contribution in [0.15, 0.2) is 29.3 Å². The van der Waals surface area contributed by atoms with Gasteiger partial charge in [-0.05, 0) is 44.6 Å². The first-order valence-corrected chi connectivity index (χ1v) is 10.7. The highest BCUT2D eigenvalue weighted by Gasteiger charge is 2.24. The van der Waals surface area contributed by atoms with Crippen LogP contribution < -0.4 is 10.6 Å². The lowest BCUT2D eigenvalue weighted by Gasteiger charge is -2.34. The molecule has 0 spiro atoms. The van der Waals surface area contributed by atoms with E-state index in [1.165, 1.54) is 18.5 Å². The van der Waals surface area contributed by atoms with Crippen LogP contribution in [-0.2, 0) is 4.74 Å². The predicted octanol–water partition coefficient (Wildman–Crippen LogP) is 2.08. The van der Waals surface area contributed by atoms with E-state index in [9.17, 15) is 5.11 Å². The number of aliphatic hydroxyl groups is 1. The van der Waals surface area contributed by atoms with E-state index in [1.807, 2.05) is 31.2 Å². The van der Waals surface area contributed by atoms with E-state index >= 15 is 0 Å². The third-order valence-electron chi connectivity index (χ3n) is 5.70. The molecule has 28 heavy (non-hydrogen) atoms. The number of aliphatic hydroxyl groups excluding tert-OH is 1. The summed E-state index contributed by atoms with van der Waals surface area (Å²) in [5.74, 6) is 1.52. The number of aryl methyl sites for hydroxylation is 1. The Morgan fingerprint density at radius 3 is 2.64 bits per heavy atom. The summed E-state index contributed by atoms with van der Waals surface area (Å²) in [5.41, 5.74) is 2.11. The van der Waals surface area contributed by atoms with Crippen LogP contribution in [0.3, 0.4) is 0 Å². The number of benzene rings is 1. The van der Waals surface area contributed by atoms with Gasteiger partial charge in [-0.1, -0.05) is 29.8 Å². The predicted molar refractivity (Wildman–Crippen MR) is 114 cm³/mol. The molecule has 156 valence electrons. The Bertz CT molecular complexity index is 605. The largest absolute Gasteiger partial charge is 0.386 e. The maximum atomic E-state index is 10.4. The van der Waals surface area contributed by atoms with Crippen molar-refractivity contribution in [1.29, 1.82) is 0 Å². The van der Waals surface area contributed by atoms with Crippen LogP contribution in [0.1, 0.15) is 43.4 Å². The van der Waals surface area contributed by atoms with Crippen molar-refractivity contribution >= 4 is 5.96 Å². The van der Waals surface area contributed by atoms with Crippen LogP contribution in [0.5, 0.6) is 0 Å². The van der Waals surface area contributed by atoms with Crippen LogP contribution in [0.2, 0.25) is 0 Å². The standard InChI is InChI=1S/C22H36N4O2/c1-3-23-22(24-14-21(27)19-6-4-17(2)5-7-19)25-20-8-11-26(12-9-20)15-18-10-13-28-16-18/h4-7,18,20-21,27H,3,8-16H2,1-2H3,(H2,23,24,25). The lowest BCUT2D eigenvalue weighted by atomic mass is 10.0. The molecule has 3 rings (SSSR count). The number of ether oxygens (including phenoxy) is 1. The molecule has 2 aliphatic rings. The molecule has 2 unspecified atom stereocenters. The zero-order chi connectivity index (χ0) is 19.8. The lowest BCUT2D eigenvalue weighted by Crippen LogP contribution is -2.49. The molecule has 6 heteroatoms. The minimum absolute atomic E-state index is 0.360. The van der Waals surface area contributed by atoms with Crippen molar-refractivity contribution in [2.24, 2.45) is 10.9 Å². The summed E-state index contributed by atoms with van der Waals surface area (Å²) in [4.78, 5) is 7.19. The topological polar surface area (TPSA) is 69.1 Å². The van der Waals surface area contributed by atoms with E-state index in [0.29, 0.717) is 18.5 Å². The Morgan fingerprint density at radius 1 is 1.25 bits per heavy atom.